The number of hydrogen-bond acceptors (Lipinski definition) is 2. The first-order valence-corrected chi connectivity index (χ1v) is 5.48. The molecule has 3 rings (SSSR count). The molecule has 0 amide bonds. The van der Waals surface area contributed by atoms with Gasteiger partial charge in [-0.05, 0) is 29.8 Å². The van der Waals surface area contributed by atoms with Gasteiger partial charge in [-0.25, -0.2) is 4.39 Å². The molecule has 2 nitrogen and oxygen atoms in total. The van der Waals surface area contributed by atoms with E-state index in [-0.39, 0.29) is 12.1 Å². The molecule has 0 radical (unpaired) electrons. The monoisotopic (exact) mass is 230 g/mol. The van der Waals surface area contributed by atoms with Gasteiger partial charge < -0.3 is 9.47 Å². The predicted octanol–water partition coefficient (Wildman–Crippen LogP) is 3.17. The van der Waals surface area contributed by atoms with E-state index < -0.39 is 0 Å². The molecule has 0 unspecified atom stereocenters. The van der Waals surface area contributed by atoms with Crippen molar-refractivity contribution in [3.63, 3.8) is 0 Å². The van der Waals surface area contributed by atoms with Gasteiger partial charge in [0.1, 0.15) is 5.82 Å². The molecule has 0 aromatic heterocycles. The number of ether oxygens (including phenoxy) is 2. The molecule has 86 valence electrons. The molecule has 0 atom stereocenters. The molecule has 0 aliphatic carbocycles. The van der Waals surface area contributed by atoms with Crippen LogP contribution in [0.3, 0.4) is 0 Å². The normalized spacial score (nSPS) is 13.9. The highest BCUT2D eigenvalue weighted by Crippen LogP contribution is 2.34. The zero-order valence-corrected chi connectivity index (χ0v) is 9.10. The molecular weight excluding hydrogens is 219 g/mol. The summed E-state index contributed by atoms with van der Waals surface area (Å²) in [7, 11) is 0. The Labute approximate surface area is 98.6 Å². The minimum atomic E-state index is -0.321. The third-order valence-electron chi connectivity index (χ3n) is 2.68. The Kier molecular flexibility index (Phi) is 2.44. The first-order chi connectivity index (χ1) is 8.31. The van der Waals surface area contributed by atoms with Crippen molar-refractivity contribution in [1.29, 1.82) is 0 Å². The van der Waals surface area contributed by atoms with Crippen LogP contribution in [-0.4, -0.2) is 6.29 Å². The fourth-order valence-corrected chi connectivity index (χ4v) is 1.85. The molecule has 17 heavy (non-hydrogen) atoms. The molecule has 1 aliphatic rings. The lowest BCUT2D eigenvalue weighted by Crippen LogP contribution is -2.20. The highest BCUT2D eigenvalue weighted by Gasteiger charge is 2.23. The summed E-state index contributed by atoms with van der Waals surface area (Å²) in [5.41, 5.74) is 0.990. The van der Waals surface area contributed by atoms with Gasteiger partial charge in [0.2, 0.25) is 6.29 Å². The average molecular weight is 230 g/mol. The Morgan fingerprint density at radius 3 is 2.06 bits per heavy atom. The van der Waals surface area contributed by atoms with Crippen LogP contribution >= 0.6 is 0 Å². The van der Waals surface area contributed by atoms with Gasteiger partial charge in [0.25, 0.3) is 0 Å². The fraction of sp³-hybridized carbons (Fsp3) is 0.143. The van der Waals surface area contributed by atoms with Crippen molar-refractivity contribution >= 4 is 0 Å². The fourth-order valence-electron chi connectivity index (χ4n) is 1.85. The van der Waals surface area contributed by atoms with Crippen LogP contribution in [0.25, 0.3) is 0 Å². The van der Waals surface area contributed by atoms with Crippen molar-refractivity contribution in [1.82, 2.24) is 0 Å². The highest BCUT2D eigenvalue weighted by atomic mass is 19.1. The second-order valence-corrected chi connectivity index (χ2v) is 3.94. The second-order valence-electron chi connectivity index (χ2n) is 3.94. The lowest BCUT2D eigenvalue weighted by atomic mass is 10.1. The van der Waals surface area contributed by atoms with Crippen LogP contribution in [-0.2, 0) is 6.42 Å². The van der Waals surface area contributed by atoms with Gasteiger partial charge >= 0.3 is 0 Å². The van der Waals surface area contributed by atoms with Crippen molar-refractivity contribution in [2.75, 3.05) is 0 Å². The second kappa shape index (κ2) is 4.09. The van der Waals surface area contributed by atoms with Crippen LogP contribution < -0.4 is 9.47 Å². The Morgan fingerprint density at radius 2 is 1.47 bits per heavy atom. The minimum Gasteiger partial charge on any atom is -0.451 e. The summed E-state index contributed by atoms with van der Waals surface area (Å²) in [5, 5.41) is 0. The van der Waals surface area contributed by atoms with Crippen molar-refractivity contribution in [3.8, 4) is 11.5 Å². The molecule has 0 saturated heterocycles. The Bertz CT molecular complexity index is 497. The molecule has 3 heteroatoms. The van der Waals surface area contributed by atoms with Crippen LogP contribution in [0.2, 0.25) is 0 Å². The summed E-state index contributed by atoms with van der Waals surface area (Å²) >= 11 is 0. The van der Waals surface area contributed by atoms with Crippen molar-refractivity contribution in [2.45, 2.75) is 12.7 Å². The number of benzene rings is 2. The molecule has 1 heterocycles. The molecule has 0 N–H and O–H groups in total. The molecule has 1 aliphatic heterocycles. The van der Waals surface area contributed by atoms with Gasteiger partial charge in [-0.15, -0.1) is 0 Å². The van der Waals surface area contributed by atoms with E-state index in [1.165, 1.54) is 12.1 Å². The van der Waals surface area contributed by atoms with E-state index in [1.54, 1.807) is 12.1 Å². The van der Waals surface area contributed by atoms with Gasteiger partial charge in [0, 0.05) is 6.42 Å². The predicted molar refractivity (Wildman–Crippen MR) is 61.6 cm³/mol. The highest BCUT2D eigenvalue weighted by molar-refractivity contribution is 5.42. The molecule has 0 bridgehead atoms. The van der Waals surface area contributed by atoms with Gasteiger partial charge in [0.05, 0.1) is 0 Å². The van der Waals surface area contributed by atoms with E-state index in [4.69, 9.17) is 9.47 Å². The Hall–Kier alpha value is -2.03. The summed E-state index contributed by atoms with van der Waals surface area (Å²) in [4.78, 5) is 0. The maximum Gasteiger partial charge on any atom is 0.245 e. The van der Waals surface area contributed by atoms with E-state index in [2.05, 4.69) is 0 Å². The van der Waals surface area contributed by atoms with Gasteiger partial charge in [-0.1, -0.05) is 24.3 Å². The number of halogens is 1. The zero-order valence-electron chi connectivity index (χ0n) is 9.10. The average Bonchev–Trinajstić information content (AvgIpc) is 2.74. The smallest absolute Gasteiger partial charge is 0.245 e. The minimum absolute atomic E-state index is 0.231. The van der Waals surface area contributed by atoms with E-state index >= 15 is 0 Å². The molecule has 2 aromatic rings. The zero-order chi connectivity index (χ0) is 11.7. The standard InChI is InChI=1S/C14H11FO2/c15-11-7-5-10(6-8-11)9-14-16-12-3-1-2-4-13(12)17-14/h1-8,14H,9H2. The lowest BCUT2D eigenvalue weighted by molar-refractivity contribution is 0.0502. The van der Waals surface area contributed by atoms with E-state index in [0.29, 0.717) is 6.42 Å². The molecular formula is C14H11FO2. The largest absolute Gasteiger partial charge is 0.451 e. The molecule has 0 spiro atoms. The number of fused-ring (bicyclic) bond motifs is 1. The van der Waals surface area contributed by atoms with Crippen LogP contribution in [0.4, 0.5) is 4.39 Å². The molecule has 0 saturated carbocycles. The van der Waals surface area contributed by atoms with Crippen LogP contribution in [0.5, 0.6) is 11.5 Å². The van der Waals surface area contributed by atoms with Gasteiger partial charge in [-0.2, -0.15) is 0 Å². The topological polar surface area (TPSA) is 18.5 Å². The number of rotatable bonds is 2. The summed E-state index contributed by atoms with van der Waals surface area (Å²) in [6.45, 7) is 0. The number of hydrogen-bond donors (Lipinski definition) is 0. The van der Waals surface area contributed by atoms with Crippen LogP contribution in [0, 0.1) is 5.82 Å². The van der Waals surface area contributed by atoms with Crippen molar-refractivity contribution in [3.05, 3.63) is 59.9 Å². The summed E-state index contributed by atoms with van der Waals surface area (Å²) in [6, 6.07) is 13.9. The van der Waals surface area contributed by atoms with Gasteiger partial charge in [-0.3, -0.25) is 0 Å². The summed E-state index contributed by atoms with van der Waals surface area (Å²) in [6.07, 6.45) is 0.285. The third kappa shape index (κ3) is 2.09. The van der Waals surface area contributed by atoms with Crippen LogP contribution in [0.1, 0.15) is 5.56 Å². The number of para-hydroxylation sites is 2. The summed E-state index contributed by atoms with van der Waals surface area (Å²) in [5.74, 6) is 1.30. The maximum atomic E-state index is 12.8. The quantitative estimate of drug-likeness (QED) is 0.789. The van der Waals surface area contributed by atoms with E-state index in [9.17, 15) is 4.39 Å². The van der Waals surface area contributed by atoms with E-state index in [1.807, 2.05) is 24.3 Å². The SMILES string of the molecule is Fc1ccc(CC2Oc3ccccc3O2)cc1. The Morgan fingerprint density at radius 1 is 0.882 bits per heavy atom. The van der Waals surface area contributed by atoms with Crippen molar-refractivity contribution < 1.29 is 13.9 Å². The van der Waals surface area contributed by atoms with Crippen molar-refractivity contribution in [2.24, 2.45) is 0 Å². The third-order valence-corrected chi connectivity index (χ3v) is 2.68. The molecule has 2 aromatic carbocycles. The Balaban J connectivity index is 1.71. The first-order valence-electron chi connectivity index (χ1n) is 5.48. The summed E-state index contributed by atoms with van der Waals surface area (Å²) < 4.78 is 24.0. The lowest BCUT2D eigenvalue weighted by Gasteiger charge is -2.09. The van der Waals surface area contributed by atoms with Crippen LogP contribution in [0.15, 0.2) is 48.5 Å². The maximum absolute atomic E-state index is 12.8. The molecule has 0 fully saturated rings. The van der Waals surface area contributed by atoms with Gasteiger partial charge in [0.15, 0.2) is 11.5 Å². The first kappa shape index (κ1) is 10.1. The van der Waals surface area contributed by atoms with E-state index in [0.717, 1.165) is 17.1 Å².